The highest BCUT2D eigenvalue weighted by molar-refractivity contribution is 7.89. The number of nitro groups is 1. The van der Waals surface area contributed by atoms with Crippen LogP contribution in [0.15, 0.2) is 47.4 Å². The summed E-state index contributed by atoms with van der Waals surface area (Å²) < 4.78 is 31.9. The molecule has 1 N–H and O–H groups in total. The molecule has 0 spiro atoms. The van der Waals surface area contributed by atoms with E-state index in [0.717, 1.165) is 24.8 Å². The zero-order chi connectivity index (χ0) is 24.7. The van der Waals surface area contributed by atoms with Gasteiger partial charge >= 0.3 is 5.97 Å². The second kappa shape index (κ2) is 11.2. The largest absolute Gasteiger partial charge is 0.456 e. The van der Waals surface area contributed by atoms with Crippen molar-refractivity contribution >= 4 is 33.3 Å². The van der Waals surface area contributed by atoms with Gasteiger partial charge in [0, 0.05) is 37.3 Å². The molecule has 2 aromatic rings. The molecule has 34 heavy (non-hydrogen) atoms. The van der Waals surface area contributed by atoms with Gasteiger partial charge in [0.1, 0.15) is 0 Å². The summed E-state index contributed by atoms with van der Waals surface area (Å²) in [5.74, 6) is -1.13. The quantitative estimate of drug-likeness (QED) is 0.324. The second-order valence-corrected chi connectivity index (χ2v) is 10.0. The third-order valence-corrected chi connectivity index (χ3v) is 7.47. The van der Waals surface area contributed by atoms with E-state index in [0.29, 0.717) is 30.8 Å². The topological polar surface area (TPSA) is 136 Å². The number of nitro benzene ring substituents is 1. The van der Waals surface area contributed by atoms with Crippen molar-refractivity contribution in [1.82, 2.24) is 4.31 Å². The molecule has 1 fully saturated rings. The average Bonchev–Trinajstić information content (AvgIpc) is 2.83. The maximum atomic E-state index is 12.7. The SMILES string of the molecule is Cc1cc([N+](=O)[O-])ccc1NC(=O)COC(=O)CCc1ccc(S(=O)(=O)N2CCCCC2)cc1. The predicted octanol–water partition coefficient (Wildman–Crippen LogP) is 3.19. The minimum Gasteiger partial charge on any atom is -0.456 e. The molecule has 182 valence electrons. The van der Waals surface area contributed by atoms with Gasteiger partial charge in [-0.25, -0.2) is 8.42 Å². The number of rotatable bonds is 9. The second-order valence-electron chi connectivity index (χ2n) is 8.07. The molecule has 0 aromatic heterocycles. The lowest BCUT2D eigenvalue weighted by molar-refractivity contribution is -0.384. The van der Waals surface area contributed by atoms with Crippen LogP contribution in [0.25, 0.3) is 0 Å². The first-order chi connectivity index (χ1) is 16.2. The van der Waals surface area contributed by atoms with Crippen LogP contribution in [-0.2, 0) is 30.8 Å². The van der Waals surface area contributed by atoms with Gasteiger partial charge in [0.05, 0.1) is 9.82 Å². The first-order valence-corrected chi connectivity index (χ1v) is 12.4. The number of esters is 1. The molecule has 1 aliphatic rings. The molecule has 0 saturated carbocycles. The smallest absolute Gasteiger partial charge is 0.306 e. The van der Waals surface area contributed by atoms with Crippen LogP contribution in [0.2, 0.25) is 0 Å². The molecule has 1 heterocycles. The Hall–Kier alpha value is -3.31. The summed E-state index contributed by atoms with van der Waals surface area (Å²) in [7, 11) is -3.50. The number of piperidine rings is 1. The van der Waals surface area contributed by atoms with Crippen molar-refractivity contribution < 1.29 is 27.7 Å². The Labute approximate surface area is 198 Å². The molecule has 0 aliphatic carbocycles. The number of amides is 1. The number of ether oxygens (including phenoxy) is 1. The van der Waals surface area contributed by atoms with E-state index in [-0.39, 0.29) is 17.0 Å². The molecule has 3 rings (SSSR count). The molecule has 0 atom stereocenters. The number of hydrogen-bond acceptors (Lipinski definition) is 7. The van der Waals surface area contributed by atoms with Gasteiger partial charge in [-0.15, -0.1) is 0 Å². The zero-order valence-electron chi connectivity index (χ0n) is 18.9. The van der Waals surface area contributed by atoms with E-state index in [4.69, 9.17) is 4.74 Å². The lowest BCUT2D eigenvalue weighted by Crippen LogP contribution is -2.35. The Bertz CT molecular complexity index is 1160. The number of carbonyl (C=O) groups excluding carboxylic acids is 2. The molecule has 0 radical (unpaired) electrons. The molecular formula is C23H27N3O7S. The van der Waals surface area contributed by atoms with Gasteiger partial charge in [0.15, 0.2) is 6.61 Å². The van der Waals surface area contributed by atoms with E-state index in [9.17, 15) is 28.1 Å². The van der Waals surface area contributed by atoms with Crippen LogP contribution in [0, 0.1) is 17.0 Å². The lowest BCUT2D eigenvalue weighted by atomic mass is 10.1. The number of sulfonamides is 1. The Kier molecular flexibility index (Phi) is 8.35. The highest BCUT2D eigenvalue weighted by Gasteiger charge is 2.25. The number of anilines is 1. The number of hydrogen-bond donors (Lipinski definition) is 1. The van der Waals surface area contributed by atoms with Crippen LogP contribution in [0.3, 0.4) is 0 Å². The molecule has 0 bridgehead atoms. The van der Waals surface area contributed by atoms with Gasteiger partial charge in [-0.1, -0.05) is 18.6 Å². The normalized spacial score (nSPS) is 14.4. The van der Waals surface area contributed by atoms with Crippen molar-refractivity contribution in [2.75, 3.05) is 25.0 Å². The summed E-state index contributed by atoms with van der Waals surface area (Å²) in [6.07, 6.45) is 3.14. The van der Waals surface area contributed by atoms with Gasteiger partial charge in [-0.05, 0) is 55.5 Å². The van der Waals surface area contributed by atoms with Gasteiger partial charge in [-0.2, -0.15) is 4.31 Å². The molecular weight excluding hydrogens is 462 g/mol. The van der Waals surface area contributed by atoms with E-state index in [1.807, 2.05) is 0 Å². The van der Waals surface area contributed by atoms with Crippen molar-refractivity contribution in [3.05, 3.63) is 63.7 Å². The number of nitrogens with zero attached hydrogens (tertiary/aromatic N) is 2. The Balaban J connectivity index is 1.45. The standard InChI is InChI=1S/C23H27N3O7S/c1-17-15-19(26(29)30)8-11-21(17)24-22(27)16-33-23(28)12-7-18-5-9-20(10-6-18)34(31,32)25-13-3-2-4-14-25/h5-6,8-11,15H,2-4,7,12-14,16H2,1H3,(H,24,27). The fourth-order valence-corrected chi connectivity index (χ4v) is 5.15. The van der Waals surface area contributed by atoms with Crippen LogP contribution < -0.4 is 5.32 Å². The zero-order valence-corrected chi connectivity index (χ0v) is 19.7. The van der Waals surface area contributed by atoms with E-state index >= 15 is 0 Å². The Morgan fingerprint density at radius 1 is 1.09 bits per heavy atom. The van der Waals surface area contributed by atoms with E-state index in [1.54, 1.807) is 31.2 Å². The van der Waals surface area contributed by atoms with Gasteiger partial charge in [0.25, 0.3) is 11.6 Å². The highest BCUT2D eigenvalue weighted by Crippen LogP contribution is 2.22. The van der Waals surface area contributed by atoms with E-state index < -0.39 is 33.4 Å². The molecule has 2 aromatic carbocycles. The molecule has 11 heteroatoms. The summed E-state index contributed by atoms with van der Waals surface area (Å²) in [5.41, 5.74) is 1.60. The van der Waals surface area contributed by atoms with Crippen molar-refractivity contribution in [2.45, 2.75) is 43.9 Å². The minimum atomic E-state index is -3.50. The van der Waals surface area contributed by atoms with Crippen LogP contribution in [0.4, 0.5) is 11.4 Å². The van der Waals surface area contributed by atoms with Gasteiger partial charge in [0.2, 0.25) is 10.0 Å². The molecule has 10 nitrogen and oxygen atoms in total. The third kappa shape index (κ3) is 6.61. The summed E-state index contributed by atoms with van der Waals surface area (Å²) in [4.78, 5) is 34.5. The van der Waals surface area contributed by atoms with Crippen molar-refractivity contribution in [3.63, 3.8) is 0 Å². The highest BCUT2D eigenvalue weighted by atomic mass is 32.2. The third-order valence-electron chi connectivity index (χ3n) is 5.55. The summed E-state index contributed by atoms with van der Waals surface area (Å²) in [6.45, 7) is 2.21. The van der Waals surface area contributed by atoms with Gasteiger partial charge in [-0.3, -0.25) is 19.7 Å². The molecule has 0 unspecified atom stereocenters. The number of benzene rings is 2. The first-order valence-electron chi connectivity index (χ1n) is 11.0. The monoisotopic (exact) mass is 489 g/mol. The van der Waals surface area contributed by atoms with Gasteiger partial charge < -0.3 is 10.1 Å². The lowest BCUT2D eigenvalue weighted by Gasteiger charge is -2.25. The summed E-state index contributed by atoms with van der Waals surface area (Å²) in [5, 5.41) is 13.3. The van der Waals surface area contributed by atoms with E-state index in [2.05, 4.69) is 5.32 Å². The average molecular weight is 490 g/mol. The Morgan fingerprint density at radius 3 is 2.38 bits per heavy atom. The van der Waals surface area contributed by atoms with Crippen LogP contribution in [0.5, 0.6) is 0 Å². The molecule has 1 aliphatic heterocycles. The predicted molar refractivity (Wildman–Crippen MR) is 125 cm³/mol. The van der Waals surface area contributed by atoms with E-state index in [1.165, 1.54) is 22.5 Å². The van der Waals surface area contributed by atoms with Crippen molar-refractivity contribution in [1.29, 1.82) is 0 Å². The van der Waals surface area contributed by atoms with Crippen molar-refractivity contribution in [2.24, 2.45) is 0 Å². The summed E-state index contributed by atoms with van der Waals surface area (Å²) >= 11 is 0. The molecule has 1 amide bonds. The number of aryl methyl sites for hydroxylation is 2. The fraction of sp³-hybridized carbons (Fsp3) is 0.391. The fourth-order valence-electron chi connectivity index (χ4n) is 3.63. The van der Waals surface area contributed by atoms with Crippen molar-refractivity contribution in [3.8, 4) is 0 Å². The number of nitrogens with one attached hydrogen (secondary N) is 1. The van der Waals surface area contributed by atoms with Crippen LogP contribution >= 0.6 is 0 Å². The maximum absolute atomic E-state index is 12.7. The number of non-ortho nitro benzene ring substituents is 1. The van der Waals surface area contributed by atoms with Crippen LogP contribution in [0.1, 0.15) is 36.8 Å². The molecule has 1 saturated heterocycles. The Morgan fingerprint density at radius 2 is 1.76 bits per heavy atom. The first kappa shape index (κ1) is 25.3. The van der Waals surface area contributed by atoms with Crippen LogP contribution in [-0.4, -0.2) is 49.2 Å². The minimum absolute atomic E-state index is 0.0298. The summed E-state index contributed by atoms with van der Waals surface area (Å²) in [6, 6.07) is 10.5. The maximum Gasteiger partial charge on any atom is 0.306 e. The number of carbonyl (C=O) groups is 2.